The molecular formula is C15H27N5O. The minimum atomic E-state index is 0.278. The van der Waals surface area contributed by atoms with Crippen molar-refractivity contribution in [3.8, 4) is 0 Å². The topological polar surface area (TPSA) is 44.6 Å². The van der Waals surface area contributed by atoms with Crippen molar-refractivity contribution in [2.24, 2.45) is 7.05 Å². The van der Waals surface area contributed by atoms with Crippen LogP contribution < -0.4 is 0 Å². The molecule has 1 aromatic rings. The predicted molar refractivity (Wildman–Crippen MR) is 83.0 cm³/mol. The van der Waals surface area contributed by atoms with Crippen LogP contribution in [0.1, 0.15) is 17.9 Å². The maximum atomic E-state index is 12.2. The molecule has 0 bridgehead atoms. The number of rotatable bonds is 5. The maximum absolute atomic E-state index is 12.2. The van der Waals surface area contributed by atoms with Crippen molar-refractivity contribution in [2.75, 3.05) is 46.8 Å². The molecule has 1 aliphatic rings. The van der Waals surface area contributed by atoms with Gasteiger partial charge in [-0.25, -0.2) is 4.98 Å². The molecule has 0 radical (unpaired) electrons. The van der Waals surface area contributed by atoms with E-state index in [0.29, 0.717) is 6.42 Å². The first-order chi connectivity index (χ1) is 9.97. The van der Waals surface area contributed by atoms with Crippen LogP contribution >= 0.6 is 0 Å². The molecule has 0 aliphatic carbocycles. The summed E-state index contributed by atoms with van der Waals surface area (Å²) in [4.78, 5) is 23.0. The number of hydrogen-bond acceptors (Lipinski definition) is 4. The third-order valence-electron chi connectivity index (χ3n) is 4.20. The van der Waals surface area contributed by atoms with Crippen molar-refractivity contribution in [3.63, 3.8) is 0 Å². The van der Waals surface area contributed by atoms with Crippen molar-refractivity contribution >= 4 is 5.91 Å². The molecule has 0 atom stereocenters. The molecule has 6 nitrogen and oxygen atoms in total. The van der Waals surface area contributed by atoms with Crippen molar-refractivity contribution in [2.45, 2.75) is 19.9 Å². The fraction of sp³-hybridized carbons (Fsp3) is 0.733. The van der Waals surface area contributed by atoms with E-state index in [1.807, 2.05) is 39.2 Å². The summed E-state index contributed by atoms with van der Waals surface area (Å²) in [6, 6.07) is 0. The Morgan fingerprint density at radius 3 is 2.67 bits per heavy atom. The lowest BCUT2D eigenvalue weighted by Gasteiger charge is -2.23. The monoisotopic (exact) mass is 293 g/mol. The summed E-state index contributed by atoms with van der Waals surface area (Å²) in [6.45, 7) is 7.22. The highest BCUT2D eigenvalue weighted by Gasteiger charge is 2.21. The molecule has 0 aromatic carbocycles. The molecule has 2 rings (SSSR count). The van der Waals surface area contributed by atoms with Gasteiger partial charge in [0.25, 0.3) is 0 Å². The van der Waals surface area contributed by atoms with E-state index in [1.54, 1.807) is 0 Å². The quantitative estimate of drug-likeness (QED) is 0.784. The van der Waals surface area contributed by atoms with Crippen LogP contribution in [0.15, 0.2) is 6.20 Å². The molecule has 0 unspecified atom stereocenters. The minimum absolute atomic E-state index is 0.278. The SMILES string of the molecule is Cc1ncc(CN2CCC(=O)N(CCN(C)C)CC2)n1C. The van der Waals surface area contributed by atoms with Crippen molar-refractivity contribution < 1.29 is 4.79 Å². The van der Waals surface area contributed by atoms with Gasteiger partial charge in [0.1, 0.15) is 5.82 Å². The molecule has 0 N–H and O–H groups in total. The Bertz CT molecular complexity index is 482. The second-order valence-corrected chi connectivity index (χ2v) is 6.07. The number of nitrogens with zero attached hydrogens (tertiary/aromatic N) is 5. The molecule has 2 heterocycles. The van der Waals surface area contributed by atoms with E-state index in [4.69, 9.17) is 0 Å². The average molecular weight is 293 g/mol. The predicted octanol–water partition coefficient (Wildman–Crippen LogP) is 0.324. The first kappa shape index (κ1) is 16.0. The zero-order chi connectivity index (χ0) is 15.4. The number of imidazole rings is 1. The summed E-state index contributed by atoms with van der Waals surface area (Å²) in [6.07, 6.45) is 2.55. The summed E-state index contributed by atoms with van der Waals surface area (Å²) < 4.78 is 2.12. The molecule has 1 aromatic heterocycles. The van der Waals surface area contributed by atoms with Crippen LogP contribution in [0, 0.1) is 6.92 Å². The molecule has 0 spiro atoms. The molecule has 6 heteroatoms. The van der Waals surface area contributed by atoms with Crippen LogP contribution in [0.4, 0.5) is 0 Å². The average Bonchev–Trinajstić information content (AvgIpc) is 2.65. The maximum Gasteiger partial charge on any atom is 0.223 e. The van der Waals surface area contributed by atoms with Crippen LogP contribution in [0.3, 0.4) is 0 Å². The van der Waals surface area contributed by atoms with Gasteiger partial charge >= 0.3 is 0 Å². The van der Waals surface area contributed by atoms with Crippen molar-refractivity contribution in [3.05, 3.63) is 17.7 Å². The summed E-state index contributed by atoms with van der Waals surface area (Å²) in [5.74, 6) is 1.31. The molecular weight excluding hydrogens is 266 g/mol. The number of amides is 1. The molecule has 1 amide bonds. The zero-order valence-corrected chi connectivity index (χ0v) is 13.7. The fourth-order valence-corrected chi connectivity index (χ4v) is 2.55. The van der Waals surface area contributed by atoms with E-state index in [9.17, 15) is 4.79 Å². The Morgan fingerprint density at radius 1 is 1.29 bits per heavy atom. The molecule has 1 aliphatic heterocycles. The highest BCUT2D eigenvalue weighted by molar-refractivity contribution is 5.76. The molecule has 0 saturated carbocycles. The van der Waals surface area contributed by atoms with Gasteiger partial charge in [-0.2, -0.15) is 0 Å². The molecule has 21 heavy (non-hydrogen) atoms. The number of hydrogen-bond donors (Lipinski definition) is 0. The van der Waals surface area contributed by atoms with Crippen molar-refractivity contribution in [1.29, 1.82) is 0 Å². The normalized spacial score (nSPS) is 17.6. The summed E-state index contributed by atoms with van der Waals surface area (Å²) in [5.41, 5.74) is 1.21. The van der Waals surface area contributed by atoms with Gasteiger partial charge in [0.15, 0.2) is 0 Å². The van der Waals surface area contributed by atoms with Gasteiger partial charge in [0, 0.05) is 58.9 Å². The molecule has 1 fully saturated rings. The van der Waals surface area contributed by atoms with Gasteiger partial charge < -0.3 is 14.4 Å². The van der Waals surface area contributed by atoms with Gasteiger partial charge in [-0.05, 0) is 21.0 Å². The van der Waals surface area contributed by atoms with E-state index in [-0.39, 0.29) is 5.91 Å². The van der Waals surface area contributed by atoms with Gasteiger partial charge in [-0.1, -0.05) is 0 Å². The van der Waals surface area contributed by atoms with E-state index in [1.165, 1.54) is 5.69 Å². The third kappa shape index (κ3) is 4.28. The lowest BCUT2D eigenvalue weighted by Crippen LogP contribution is -2.38. The number of aromatic nitrogens is 2. The van der Waals surface area contributed by atoms with Gasteiger partial charge in [0.2, 0.25) is 5.91 Å². The number of likely N-dealkylation sites (N-methyl/N-ethyl adjacent to an activating group) is 1. The van der Waals surface area contributed by atoms with Crippen LogP contribution in [-0.4, -0.2) is 77.0 Å². The van der Waals surface area contributed by atoms with E-state index in [0.717, 1.165) is 45.1 Å². The van der Waals surface area contributed by atoms with Gasteiger partial charge in [0.05, 0.1) is 5.69 Å². The first-order valence-electron chi connectivity index (χ1n) is 7.59. The summed E-state index contributed by atoms with van der Waals surface area (Å²) >= 11 is 0. The van der Waals surface area contributed by atoms with E-state index in [2.05, 4.69) is 19.4 Å². The lowest BCUT2D eigenvalue weighted by molar-refractivity contribution is -0.130. The zero-order valence-electron chi connectivity index (χ0n) is 13.7. The first-order valence-corrected chi connectivity index (χ1v) is 7.59. The number of carbonyl (C=O) groups is 1. The Morgan fingerprint density at radius 2 is 2.05 bits per heavy atom. The third-order valence-corrected chi connectivity index (χ3v) is 4.20. The minimum Gasteiger partial charge on any atom is -0.340 e. The van der Waals surface area contributed by atoms with Gasteiger partial charge in [-0.15, -0.1) is 0 Å². The number of carbonyl (C=O) groups excluding carboxylic acids is 1. The Hall–Kier alpha value is -1.40. The van der Waals surface area contributed by atoms with Crippen LogP contribution in [-0.2, 0) is 18.4 Å². The second kappa shape index (κ2) is 7.04. The van der Waals surface area contributed by atoms with Crippen LogP contribution in [0.25, 0.3) is 0 Å². The van der Waals surface area contributed by atoms with Crippen LogP contribution in [0.5, 0.6) is 0 Å². The Kier molecular flexibility index (Phi) is 5.36. The smallest absolute Gasteiger partial charge is 0.223 e. The van der Waals surface area contributed by atoms with Gasteiger partial charge in [-0.3, -0.25) is 9.69 Å². The lowest BCUT2D eigenvalue weighted by atomic mass is 10.3. The Labute approximate surface area is 127 Å². The largest absolute Gasteiger partial charge is 0.340 e. The highest BCUT2D eigenvalue weighted by atomic mass is 16.2. The number of aryl methyl sites for hydroxylation is 1. The van der Waals surface area contributed by atoms with E-state index >= 15 is 0 Å². The van der Waals surface area contributed by atoms with Crippen LogP contribution in [0.2, 0.25) is 0 Å². The second-order valence-electron chi connectivity index (χ2n) is 6.07. The summed E-state index contributed by atoms with van der Waals surface area (Å²) in [7, 11) is 6.13. The van der Waals surface area contributed by atoms with Crippen molar-refractivity contribution in [1.82, 2.24) is 24.3 Å². The standard InChI is InChI=1S/C15H27N5O/c1-13-16-11-14(18(13)4)12-19-6-5-15(21)20(10-8-19)9-7-17(2)3/h11H,5-10,12H2,1-4H3. The molecule has 1 saturated heterocycles. The Balaban J connectivity index is 1.90. The summed E-state index contributed by atoms with van der Waals surface area (Å²) in [5, 5.41) is 0. The highest BCUT2D eigenvalue weighted by Crippen LogP contribution is 2.10. The fourth-order valence-electron chi connectivity index (χ4n) is 2.55. The molecule has 118 valence electrons. The van der Waals surface area contributed by atoms with E-state index < -0.39 is 0 Å².